The monoisotopic (exact) mass is 246 g/mol. The van der Waals surface area contributed by atoms with E-state index in [1.54, 1.807) is 0 Å². The average Bonchev–Trinajstić information content (AvgIpc) is 2.96. The van der Waals surface area contributed by atoms with Crippen LogP contribution in [0.3, 0.4) is 0 Å². The van der Waals surface area contributed by atoms with Gasteiger partial charge in [-0.3, -0.25) is 0 Å². The molecule has 4 unspecified atom stereocenters. The van der Waals surface area contributed by atoms with E-state index in [-0.39, 0.29) is 6.10 Å². The number of ether oxygens (including phenoxy) is 1. The second kappa shape index (κ2) is 4.67. The maximum atomic E-state index is 10.4. The van der Waals surface area contributed by atoms with Crippen molar-refractivity contribution in [2.45, 2.75) is 57.8 Å². The zero-order valence-corrected chi connectivity index (χ0v) is 11.2. The van der Waals surface area contributed by atoms with Gasteiger partial charge in [0.15, 0.2) is 0 Å². The molecule has 2 aliphatic rings. The molecule has 1 N–H and O–H groups in total. The maximum absolute atomic E-state index is 10.4. The Morgan fingerprint density at radius 2 is 2.11 bits per heavy atom. The Morgan fingerprint density at radius 3 is 2.72 bits per heavy atom. The summed E-state index contributed by atoms with van der Waals surface area (Å²) in [5.41, 5.74) is 3.87. The molecule has 2 heterocycles. The van der Waals surface area contributed by atoms with Gasteiger partial charge in [0, 0.05) is 5.92 Å². The van der Waals surface area contributed by atoms with Crippen LogP contribution in [0.4, 0.5) is 0 Å². The summed E-state index contributed by atoms with van der Waals surface area (Å²) in [4.78, 5) is 0. The largest absolute Gasteiger partial charge is 0.392 e. The fraction of sp³-hybridized carbons (Fsp3) is 0.625. The van der Waals surface area contributed by atoms with Crippen LogP contribution in [0.1, 0.15) is 36.0 Å². The minimum Gasteiger partial charge on any atom is -0.392 e. The van der Waals surface area contributed by atoms with E-state index in [2.05, 4.69) is 32.0 Å². The fourth-order valence-electron chi connectivity index (χ4n) is 3.41. The Kier molecular flexibility index (Phi) is 3.16. The molecule has 4 atom stereocenters. The smallest absolute Gasteiger partial charge is 0.0634 e. The number of hydrogen-bond donors (Lipinski definition) is 1. The van der Waals surface area contributed by atoms with Crippen LogP contribution < -0.4 is 0 Å². The fourth-order valence-corrected chi connectivity index (χ4v) is 3.41. The highest BCUT2D eigenvalue weighted by atomic mass is 16.5. The molecule has 0 aliphatic carbocycles. The van der Waals surface area contributed by atoms with E-state index < -0.39 is 0 Å². The van der Waals surface area contributed by atoms with Crippen molar-refractivity contribution >= 4 is 0 Å². The summed E-state index contributed by atoms with van der Waals surface area (Å²) in [6.45, 7) is 4.26. The van der Waals surface area contributed by atoms with E-state index in [4.69, 9.17) is 4.74 Å². The lowest BCUT2D eigenvalue weighted by molar-refractivity contribution is 0.0432. The molecule has 0 spiro atoms. The molecule has 1 aromatic carbocycles. The van der Waals surface area contributed by atoms with Gasteiger partial charge in [-0.15, -0.1) is 0 Å². The van der Waals surface area contributed by atoms with Gasteiger partial charge in [0.05, 0.1) is 18.3 Å². The van der Waals surface area contributed by atoms with Crippen LogP contribution in [0, 0.1) is 19.8 Å². The molecular formula is C16H22O2. The van der Waals surface area contributed by atoms with Crippen molar-refractivity contribution in [3.8, 4) is 0 Å². The summed E-state index contributed by atoms with van der Waals surface area (Å²) < 4.78 is 5.83. The average molecular weight is 246 g/mol. The molecule has 0 aromatic heterocycles. The zero-order chi connectivity index (χ0) is 12.7. The van der Waals surface area contributed by atoms with E-state index in [0.29, 0.717) is 18.1 Å². The lowest BCUT2D eigenvalue weighted by Gasteiger charge is -2.24. The molecular weight excluding hydrogens is 224 g/mol. The summed E-state index contributed by atoms with van der Waals surface area (Å²) in [6.07, 6.45) is 4.64. The summed E-state index contributed by atoms with van der Waals surface area (Å²) in [5, 5.41) is 10.4. The van der Waals surface area contributed by atoms with Crippen molar-refractivity contribution in [2.75, 3.05) is 0 Å². The highest BCUT2D eigenvalue weighted by Gasteiger charge is 2.43. The molecule has 0 saturated carbocycles. The number of hydrogen-bond acceptors (Lipinski definition) is 2. The summed E-state index contributed by atoms with van der Waals surface area (Å²) in [5.74, 6) is 0.352. The van der Waals surface area contributed by atoms with Crippen molar-refractivity contribution in [3.63, 3.8) is 0 Å². The van der Waals surface area contributed by atoms with Gasteiger partial charge in [0.25, 0.3) is 0 Å². The number of aliphatic hydroxyl groups excluding tert-OH is 1. The standard InChI is InChI=1S/C16H22O2/c1-10-3-4-12(7-11(10)2)8-15(17)14-9-13-5-6-16(14)18-13/h3-4,7,13-17H,5-6,8-9H2,1-2H3. The van der Waals surface area contributed by atoms with Crippen molar-refractivity contribution in [1.82, 2.24) is 0 Å². The number of aryl methyl sites for hydroxylation is 2. The predicted molar refractivity (Wildman–Crippen MR) is 71.6 cm³/mol. The van der Waals surface area contributed by atoms with Gasteiger partial charge in [-0.05, 0) is 56.2 Å². The highest BCUT2D eigenvalue weighted by molar-refractivity contribution is 5.30. The van der Waals surface area contributed by atoms with Crippen molar-refractivity contribution in [1.29, 1.82) is 0 Å². The second-order valence-corrected chi connectivity index (χ2v) is 5.96. The van der Waals surface area contributed by atoms with Crippen molar-refractivity contribution in [3.05, 3.63) is 34.9 Å². The first kappa shape index (κ1) is 12.2. The van der Waals surface area contributed by atoms with E-state index in [9.17, 15) is 5.11 Å². The van der Waals surface area contributed by atoms with Crippen LogP contribution in [0.2, 0.25) is 0 Å². The topological polar surface area (TPSA) is 29.5 Å². The lowest BCUT2D eigenvalue weighted by atomic mass is 9.83. The first-order chi connectivity index (χ1) is 8.63. The first-order valence-corrected chi connectivity index (χ1v) is 7.03. The third-order valence-corrected chi connectivity index (χ3v) is 4.66. The summed E-state index contributed by atoms with van der Waals surface area (Å²) in [7, 11) is 0. The van der Waals surface area contributed by atoms with Crippen LogP contribution in [-0.4, -0.2) is 23.4 Å². The SMILES string of the molecule is Cc1ccc(CC(O)C2CC3CCC2O3)cc1C. The van der Waals surface area contributed by atoms with Gasteiger partial charge in [-0.2, -0.15) is 0 Å². The molecule has 98 valence electrons. The van der Waals surface area contributed by atoms with E-state index >= 15 is 0 Å². The van der Waals surface area contributed by atoms with Crippen molar-refractivity contribution < 1.29 is 9.84 Å². The molecule has 2 fully saturated rings. The van der Waals surface area contributed by atoms with E-state index in [1.165, 1.54) is 23.1 Å². The summed E-state index contributed by atoms with van der Waals surface area (Å²) >= 11 is 0. The maximum Gasteiger partial charge on any atom is 0.0634 e. The zero-order valence-electron chi connectivity index (χ0n) is 11.2. The Hall–Kier alpha value is -0.860. The number of benzene rings is 1. The second-order valence-electron chi connectivity index (χ2n) is 5.96. The van der Waals surface area contributed by atoms with Crippen LogP contribution >= 0.6 is 0 Å². The third-order valence-electron chi connectivity index (χ3n) is 4.66. The molecule has 3 rings (SSSR count). The highest BCUT2D eigenvalue weighted by Crippen LogP contribution is 2.41. The molecule has 18 heavy (non-hydrogen) atoms. The normalized spacial score (nSPS) is 31.8. The number of aliphatic hydroxyl groups is 1. The lowest BCUT2D eigenvalue weighted by Crippen LogP contribution is -2.30. The molecule has 2 heteroatoms. The molecule has 2 saturated heterocycles. The van der Waals surface area contributed by atoms with Crippen LogP contribution in [0.5, 0.6) is 0 Å². The molecule has 0 radical (unpaired) electrons. The van der Waals surface area contributed by atoms with Gasteiger partial charge in [0.1, 0.15) is 0 Å². The Balaban J connectivity index is 1.67. The number of fused-ring (bicyclic) bond motifs is 2. The third kappa shape index (κ3) is 2.19. The Bertz CT molecular complexity index is 441. The van der Waals surface area contributed by atoms with Gasteiger partial charge in [0.2, 0.25) is 0 Å². The Labute approximate surface area is 109 Å². The first-order valence-electron chi connectivity index (χ1n) is 7.03. The molecule has 1 aromatic rings. The van der Waals surface area contributed by atoms with Gasteiger partial charge >= 0.3 is 0 Å². The quantitative estimate of drug-likeness (QED) is 0.888. The number of rotatable bonds is 3. The molecule has 2 bridgehead atoms. The van der Waals surface area contributed by atoms with Crippen molar-refractivity contribution in [2.24, 2.45) is 5.92 Å². The minimum atomic E-state index is -0.248. The van der Waals surface area contributed by atoms with Gasteiger partial charge in [-0.25, -0.2) is 0 Å². The van der Waals surface area contributed by atoms with E-state index in [0.717, 1.165) is 19.3 Å². The van der Waals surface area contributed by atoms with E-state index in [1.807, 2.05) is 0 Å². The van der Waals surface area contributed by atoms with Gasteiger partial charge in [-0.1, -0.05) is 18.2 Å². The molecule has 0 amide bonds. The predicted octanol–water partition coefficient (Wildman–Crippen LogP) is 2.77. The Morgan fingerprint density at radius 1 is 1.28 bits per heavy atom. The molecule has 2 nitrogen and oxygen atoms in total. The molecule has 2 aliphatic heterocycles. The van der Waals surface area contributed by atoms with Crippen LogP contribution in [0.25, 0.3) is 0 Å². The van der Waals surface area contributed by atoms with Crippen LogP contribution in [0.15, 0.2) is 18.2 Å². The van der Waals surface area contributed by atoms with Gasteiger partial charge < -0.3 is 9.84 Å². The minimum absolute atomic E-state index is 0.248. The van der Waals surface area contributed by atoms with Crippen LogP contribution in [-0.2, 0) is 11.2 Å². The summed E-state index contributed by atoms with van der Waals surface area (Å²) in [6, 6.07) is 6.49.